The number of hydrogen-bond donors (Lipinski definition) is 0. The molecule has 1 fully saturated rings. The van der Waals surface area contributed by atoms with Crippen molar-refractivity contribution in [1.29, 1.82) is 0 Å². The van der Waals surface area contributed by atoms with Gasteiger partial charge in [-0.15, -0.1) is 11.8 Å². The van der Waals surface area contributed by atoms with E-state index in [1.165, 1.54) is 5.19 Å². The first-order chi connectivity index (χ1) is 8.31. The summed E-state index contributed by atoms with van der Waals surface area (Å²) in [5, 5.41) is 1.45. The second kappa shape index (κ2) is 4.74. The van der Waals surface area contributed by atoms with E-state index in [0.717, 1.165) is 11.3 Å². The third kappa shape index (κ3) is 2.80. The Morgan fingerprint density at radius 3 is 2.28 bits per heavy atom. The van der Waals surface area contributed by atoms with Gasteiger partial charge in [0.15, 0.2) is 0 Å². The van der Waals surface area contributed by atoms with Gasteiger partial charge in [-0.1, -0.05) is 37.0 Å². The number of carbonyl (C=O) groups excluding carboxylic acids is 1. The van der Waals surface area contributed by atoms with Crippen molar-refractivity contribution in [2.45, 2.75) is 42.6 Å². The van der Waals surface area contributed by atoms with Crippen LogP contribution in [0.25, 0.3) is 0 Å². The maximum absolute atomic E-state index is 11.7. The number of ether oxygens (including phenoxy) is 1. The molecule has 18 heavy (non-hydrogen) atoms. The van der Waals surface area contributed by atoms with E-state index in [1.54, 1.807) is 11.8 Å². The molecular formula is C14H20O2SSi. The standard InChI is InChI=1S/C14H20O2SSi/c1-14(9-10-16-13(14)15)17-11-5-7-12(8-6-11)18(2,3)4/h5-8H,9-10H2,1-4H3. The zero-order valence-corrected chi connectivity index (χ0v) is 13.3. The van der Waals surface area contributed by atoms with Crippen LogP contribution in [0, 0.1) is 0 Å². The highest BCUT2D eigenvalue weighted by molar-refractivity contribution is 8.01. The molecule has 0 aromatic heterocycles. The largest absolute Gasteiger partial charge is 0.465 e. The highest BCUT2D eigenvalue weighted by Gasteiger charge is 2.41. The van der Waals surface area contributed by atoms with E-state index >= 15 is 0 Å². The van der Waals surface area contributed by atoms with E-state index in [1.807, 2.05) is 6.92 Å². The van der Waals surface area contributed by atoms with Gasteiger partial charge in [0.05, 0.1) is 14.7 Å². The smallest absolute Gasteiger partial charge is 0.322 e. The number of benzene rings is 1. The van der Waals surface area contributed by atoms with Gasteiger partial charge in [-0.05, 0) is 19.1 Å². The summed E-state index contributed by atoms with van der Waals surface area (Å²) in [4.78, 5) is 12.8. The quantitative estimate of drug-likeness (QED) is 0.629. The average molecular weight is 280 g/mol. The van der Waals surface area contributed by atoms with Gasteiger partial charge >= 0.3 is 5.97 Å². The lowest BCUT2D eigenvalue weighted by molar-refractivity contribution is -0.139. The molecule has 1 aromatic rings. The second-order valence-corrected chi connectivity index (χ2v) is 12.6. The summed E-state index contributed by atoms with van der Waals surface area (Å²) >= 11 is 1.62. The van der Waals surface area contributed by atoms with Gasteiger partial charge in [-0.2, -0.15) is 0 Å². The molecule has 0 spiro atoms. The van der Waals surface area contributed by atoms with E-state index in [2.05, 4.69) is 43.9 Å². The van der Waals surface area contributed by atoms with Gasteiger partial charge in [-0.3, -0.25) is 4.79 Å². The van der Waals surface area contributed by atoms with Crippen LogP contribution in [0.3, 0.4) is 0 Å². The van der Waals surface area contributed by atoms with Crippen LogP contribution in [-0.2, 0) is 9.53 Å². The summed E-state index contributed by atoms with van der Waals surface area (Å²) in [7, 11) is -1.23. The van der Waals surface area contributed by atoms with Crippen molar-refractivity contribution >= 4 is 31.0 Å². The van der Waals surface area contributed by atoms with Gasteiger partial charge < -0.3 is 4.74 Å². The van der Waals surface area contributed by atoms with E-state index in [0.29, 0.717) is 6.61 Å². The minimum Gasteiger partial charge on any atom is -0.465 e. The Morgan fingerprint density at radius 2 is 1.83 bits per heavy atom. The first-order valence-electron chi connectivity index (χ1n) is 6.28. The lowest BCUT2D eigenvalue weighted by Gasteiger charge is -2.20. The molecule has 0 saturated carbocycles. The molecule has 98 valence electrons. The average Bonchev–Trinajstić information content (AvgIpc) is 2.58. The van der Waals surface area contributed by atoms with Crippen LogP contribution in [0.1, 0.15) is 13.3 Å². The number of rotatable bonds is 3. The maximum Gasteiger partial charge on any atom is 0.322 e. The fraction of sp³-hybridized carbons (Fsp3) is 0.500. The molecule has 2 rings (SSSR count). The molecule has 4 heteroatoms. The molecule has 0 N–H and O–H groups in total. The van der Waals surface area contributed by atoms with Gasteiger partial charge in [-0.25, -0.2) is 0 Å². The minimum atomic E-state index is -1.23. The molecule has 1 saturated heterocycles. The number of carbonyl (C=O) groups is 1. The Bertz CT molecular complexity index is 450. The van der Waals surface area contributed by atoms with E-state index in [-0.39, 0.29) is 5.97 Å². The third-order valence-corrected chi connectivity index (χ3v) is 6.70. The number of thioether (sulfide) groups is 1. The SMILES string of the molecule is CC1(Sc2ccc([Si](C)(C)C)cc2)CCOC1=O. The van der Waals surface area contributed by atoms with E-state index < -0.39 is 12.8 Å². The Hall–Kier alpha value is -0.743. The van der Waals surface area contributed by atoms with Gasteiger partial charge in [0.2, 0.25) is 0 Å². The maximum atomic E-state index is 11.7. The highest BCUT2D eigenvalue weighted by Crippen LogP contribution is 2.39. The molecular weight excluding hydrogens is 260 g/mol. The molecule has 1 atom stereocenters. The number of cyclic esters (lactones) is 1. The lowest BCUT2D eigenvalue weighted by Crippen LogP contribution is -2.37. The molecule has 0 aliphatic carbocycles. The second-order valence-electron chi connectivity index (χ2n) is 5.99. The van der Waals surface area contributed by atoms with Crippen LogP contribution in [-0.4, -0.2) is 25.4 Å². The topological polar surface area (TPSA) is 26.3 Å². The van der Waals surface area contributed by atoms with Crippen LogP contribution >= 0.6 is 11.8 Å². The van der Waals surface area contributed by atoms with Crippen LogP contribution in [0.2, 0.25) is 19.6 Å². The molecule has 0 radical (unpaired) electrons. The van der Waals surface area contributed by atoms with Crippen LogP contribution in [0.15, 0.2) is 29.2 Å². The molecule has 1 aliphatic heterocycles. The van der Waals surface area contributed by atoms with Gasteiger partial charge in [0.25, 0.3) is 0 Å². The minimum absolute atomic E-state index is 0.0817. The molecule has 1 aromatic carbocycles. The fourth-order valence-corrected chi connectivity index (χ4v) is 4.26. The third-order valence-electron chi connectivity index (χ3n) is 3.31. The van der Waals surface area contributed by atoms with Crippen molar-refractivity contribution in [1.82, 2.24) is 0 Å². The van der Waals surface area contributed by atoms with Crippen molar-refractivity contribution in [2.75, 3.05) is 6.61 Å². The Kier molecular flexibility index (Phi) is 3.60. The molecule has 0 bridgehead atoms. The predicted octanol–water partition coefficient (Wildman–Crippen LogP) is 3.03. The first kappa shape index (κ1) is 13.7. The Labute approximate surface area is 114 Å². The number of esters is 1. The zero-order chi connectivity index (χ0) is 13.4. The van der Waals surface area contributed by atoms with Crippen molar-refractivity contribution in [2.24, 2.45) is 0 Å². The Morgan fingerprint density at radius 1 is 1.22 bits per heavy atom. The normalized spacial score (nSPS) is 24.1. The zero-order valence-electron chi connectivity index (χ0n) is 11.4. The van der Waals surface area contributed by atoms with Crippen LogP contribution < -0.4 is 5.19 Å². The van der Waals surface area contributed by atoms with Crippen molar-refractivity contribution in [3.8, 4) is 0 Å². The van der Waals surface area contributed by atoms with E-state index in [4.69, 9.17) is 4.74 Å². The summed E-state index contributed by atoms with van der Waals surface area (Å²) in [6.07, 6.45) is 0.798. The highest BCUT2D eigenvalue weighted by atomic mass is 32.2. The van der Waals surface area contributed by atoms with Crippen LogP contribution in [0.4, 0.5) is 0 Å². The monoisotopic (exact) mass is 280 g/mol. The van der Waals surface area contributed by atoms with Crippen molar-refractivity contribution in [3.05, 3.63) is 24.3 Å². The first-order valence-corrected chi connectivity index (χ1v) is 10.6. The lowest BCUT2D eigenvalue weighted by atomic mass is 10.1. The molecule has 1 aliphatic rings. The van der Waals surface area contributed by atoms with E-state index in [9.17, 15) is 4.79 Å². The predicted molar refractivity (Wildman–Crippen MR) is 79.3 cm³/mol. The summed E-state index contributed by atoms with van der Waals surface area (Å²) in [6.45, 7) is 9.54. The fourth-order valence-electron chi connectivity index (χ4n) is 1.97. The van der Waals surface area contributed by atoms with Gasteiger partial charge in [0, 0.05) is 11.3 Å². The summed E-state index contributed by atoms with van der Waals surface area (Å²) in [5.74, 6) is -0.0817. The van der Waals surface area contributed by atoms with Gasteiger partial charge in [0.1, 0.15) is 4.75 Å². The molecule has 2 nitrogen and oxygen atoms in total. The number of hydrogen-bond acceptors (Lipinski definition) is 3. The Balaban J connectivity index is 2.14. The molecule has 0 amide bonds. The van der Waals surface area contributed by atoms with Crippen molar-refractivity contribution < 1.29 is 9.53 Å². The summed E-state index contributed by atoms with van der Waals surface area (Å²) in [5.41, 5.74) is 0. The van der Waals surface area contributed by atoms with Crippen molar-refractivity contribution in [3.63, 3.8) is 0 Å². The molecule has 1 unspecified atom stereocenters. The summed E-state index contributed by atoms with van der Waals surface area (Å²) in [6, 6.07) is 8.68. The van der Waals surface area contributed by atoms with Crippen LogP contribution in [0.5, 0.6) is 0 Å². The summed E-state index contributed by atoms with van der Waals surface area (Å²) < 4.78 is 4.66. The molecule has 1 heterocycles.